The second kappa shape index (κ2) is 3.07. The lowest BCUT2D eigenvalue weighted by Crippen LogP contribution is -2.35. The molecule has 14 heavy (non-hydrogen) atoms. The van der Waals surface area contributed by atoms with Crippen LogP contribution in [0.4, 0.5) is 0 Å². The molecule has 2 heteroatoms. The number of fused-ring (bicyclic) bond motifs is 3. The second-order valence-electron chi connectivity index (χ2n) is 4.42. The largest absolute Gasteiger partial charge is 0.324 e. The van der Waals surface area contributed by atoms with E-state index in [2.05, 4.69) is 29.6 Å². The fourth-order valence-corrected chi connectivity index (χ4v) is 3.03. The summed E-state index contributed by atoms with van der Waals surface area (Å²) in [7, 11) is 0. The quantitative estimate of drug-likeness (QED) is 0.645. The lowest BCUT2D eigenvalue weighted by Gasteiger charge is -2.28. The lowest BCUT2D eigenvalue weighted by molar-refractivity contribution is 0.308. The van der Waals surface area contributed by atoms with E-state index in [1.165, 1.54) is 17.5 Å². The van der Waals surface area contributed by atoms with Crippen LogP contribution in [0, 0.1) is 5.92 Å². The molecule has 1 saturated heterocycles. The van der Waals surface area contributed by atoms with Gasteiger partial charge in [-0.3, -0.25) is 0 Å². The molecular weight excluding hydrogens is 172 g/mol. The first-order valence-corrected chi connectivity index (χ1v) is 5.43. The molecule has 3 rings (SSSR count). The maximum Gasteiger partial charge on any atom is 0.0333 e. The van der Waals surface area contributed by atoms with Crippen molar-refractivity contribution in [2.24, 2.45) is 11.7 Å². The Labute approximate surface area is 84.5 Å². The molecule has 1 fully saturated rings. The monoisotopic (exact) mass is 188 g/mol. The zero-order valence-electron chi connectivity index (χ0n) is 8.24. The van der Waals surface area contributed by atoms with Gasteiger partial charge in [0.05, 0.1) is 0 Å². The van der Waals surface area contributed by atoms with E-state index in [9.17, 15) is 0 Å². The normalized spacial score (nSPS) is 35.1. The first-order chi connectivity index (χ1) is 6.88. The summed E-state index contributed by atoms with van der Waals surface area (Å²) < 4.78 is 0. The molecule has 1 aromatic rings. The van der Waals surface area contributed by atoms with E-state index in [1.54, 1.807) is 0 Å². The molecule has 1 heterocycles. The average molecular weight is 188 g/mol. The van der Waals surface area contributed by atoms with Gasteiger partial charge in [-0.15, -0.1) is 0 Å². The zero-order valence-corrected chi connectivity index (χ0v) is 8.24. The summed E-state index contributed by atoms with van der Waals surface area (Å²) in [5, 5.41) is 3.46. The van der Waals surface area contributed by atoms with Gasteiger partial charge in [0.25, 0.3) is 0 Å². The number of hydrogen-bond acceptors (Lipinski definition) is 2. The van der Waals surface area contributed by atoms with E-state index in [4.69, 9.17) is 5.73 Å². The van der Waals surface area contributed by atoms with E-state index >= 15 is 0 Å². The molecule has 3 atom stereocenters. The van der Waals surface area contributed by atoms with E-state index < -0.39 is 0 Å². The zero-order chi connectivity index (χ0) is 9.54. The summed E-state index contributed by atoms with van der Waals surface area (Å²) in [6, 6.07) is 8.94. The molecule has 1 aliphatic carbocycles. The lowest BCUT2D eigenvalue weighted by atomic mass is 9.85. The van der Waals surface area contributed by atoms with Crippen LogP contribution in [0.2, 0.25) is 0 Å². The van der Waals surface area contributed by atoms with Gasteiger partial charge in [-0.25, -0.2) is 0 Å². The molecule has 0 amide bonds. The Morgan fingerprint density at radius 2 is 2.00 bits per heavy atom. The topological polar surface area (TPSA) is 38.0 Å². The predicted molar refractivity (Wildman–Crippen MR) is 57.1 cm³/mol. The van der Waals surface area contributed by atoms with Gasteiger partial charge < -0.3 is 11.1 Å². The minimum Gasteiger partial charge on any atom is -0.324 e. The molecule has 0 radical (unpaired) electrons. The first-order valence-electron chi connectivity index (χ1n) is 5.43. The highest BCUT2D eigenvalue weighted by Gasteiger charge is 2.39. The smallest absolute Gasteiger partial charge is 0.0333 e. The Morgan fingerprint density at radius 1 is 1.21 bits per heavy atom. The number of nitrogens with two attached hydrogens (primary N) is 1. The highest BCUT2D eigenvalue weighted by molar-refractivity contribution is 5.40. The SMILES string of the molecule is N[C@H]1c2ccccc2C2CNCCC21. The molecule has 2 aliphatic rings. The van der Waals surface area contributed by atoms with Crippen molar-refractivity contribution in [1.29, 1.82) is 0 Å². The summed E-state index contributed by atoms with van der Waals surface area (Å²) in [6.07, 6.45) is 1.22. The van der Waals surface area contributed by atoms with Gasteiger partial charge in [-0.05, 0) is 30.0 Å². The third-order valence-electron chi connectivity index (χ3n) is 3.75. The van der Waals surface area contributed by atoms with E-state index in [0.717, 1.165) is 13.1 Å². The number of hydrogen-bond donors (Lipinski definition) is 2. The van der Waals surface area contributed by atoms with Gasteiger partial charge >= 0.3 is 0 Å². The number of piperidine rings is 1. The number of rotatable bonds is 0. The van der Waals surface area contributed by atoms with Gasteiger partial charge in [-0.2, -0.15) is 0 Å². The summed E-state index contributed by atoms with van der Waals surface area (Å²) in [4.78, 5) is 0. The molecule has 2 unspecified atom stereocenters. The van der Waals surface area contributed by atoms with Crippen molar-refractivity contribution in [3.63, 3.8) is 0 Å². The fourth-order valence-electron chi connectivity index (χ4n) is 3.03. The van der Waals surface area contributed by atoms with Crippen molar-refractivity contribution < 1.29 is 0 Å². The minimum absolute atomic E-state index is 0.276. The summed E-state index contributed by atoms with van der Waals surface area (Å²) in [6.45, 7) is 2.23. The average Bonchev–Trinajstić information content (AvgIpc) is 2.55. The number of benzene rings is 1. The summed E-state index contributed by atoms with van der Waals surface area (Å²) in [5.74, 6) is 1.34. The molecule has 3 N–H and O–H groups in total. The third-order valence-corrected chi connectivity index (χ3v) is 3.75. The standard InChI is InChI=1S/C12H16N2/c13-12-9-4-2-1-3-8(9)11-7-14-6-5-10(11)12/h1-4,10-12,14H,5-7,13H2/t10?,11?,12-/m0/s1. The van der Waals surface area contributed by atoms with E-state index in [0.29, 0.717) is 11.8 Å². The van der Waals surface area contributed by atoms with Crippen molar-refractivity contribution in [3.8, 4) is 0 Å². The van der Waals surface area contributed by atoms with E-state index in [1.807, 2.05) is 0 Å². The maximum absolute atomic E-state index is 6.27. The summed E-state index contributed by atoms with van der Waals surface area (Å²) in [5.41, 5.74) is 9.14. The van der Waals surface area contributed by atoms with Crippen LogP contribution in [-0.4, -0.2) is 13.1 Å². The first kappa shape index (κ1) is 8.45. The van der Waals surface area contributed by atoms with Crippen LogP contribution >= 0.6 is 0 Å². The highest BCUT2D eigenvalue weighted by atomic mass is 14.9. The van der Waals surface area contributed by atoms with E-state index in [-0.39, 0.29) is 6.04 Å². The Kier molecular flexibility index (Phi) is 1.85. The number of nitrogens with one attached hydrogen (secondary N) is 1. The molecule has 2 nitrogen and oxygen atoms in total. The van der Waals surface area contributed by atoms with Gasteiger partial charge in [0.1, 0.15) is 0 Å². The fraction of sp³-hybridized carbons (Fsp3) is 0.500. The molecule has 0 aromatic heterocycles. The van der Waals surface area contributed by atoms with Gasteiger partial charge in [0, 0.05) is 18.5 Å². The van der Waals surface area contributed by atoms with Crippen molar-refractivity contribution in [2.75, 3.05) is 13.1 Å². The predicted octanol–water partition coefficient (Wildman–Crippen LogP) is 1.39. The van der Waals surface area contributed by atoms with Crippen LogP contribution in [0.5, 0.6) is 0 Å². The van der Waals surface area contributed by atoms with Gasteiger partial charge in [-0.1, -0.05) is 24.3 Å². The molecule has 1 aliphatic heterocycles. The van der Waals surface area contributed by atoms with Crippen LogP contribution in [0.1, 0.15) is 29.5 Å². The van der Waals surface area contributed by atoms with Gasteiger partial charge in [0.2, 0.25) is 0 Å². The Bertz CT molecular complexity index is 348. The molecule has 0 saturated carbocycles. The van der Waals surface area contributed by atoms with Crippen molar-refractivity contribution in [3.05, 3.63) is 35.4 Å². The van der Waals surface area contributed by atoms with Crippen LogP contribution in [0.3, 0.4) is 0 Å². The van der Waals surface area contributed by atoms with Crippen LogP contribution in [0.25, 0.3) is 0 Å². The molecule has 0 spiro atoms. The Morgan fingerprint density at radius 3 is 2.86 bits per heavy atom. The third kappa shape index (κ3) is 1.04. The summed E-state index contributed by atoms with van der Waals surface area (Å²) >= 11 is 0. The minimum atomic E-state index is 0.276. The highest BCUT2D eigenvalue weighted by Crippen LogP contribution is 2.46. The van der Waals surface area contributed by atoms with Crippen LogP contribution in [0.15, 0.2) is 24.3 Å². The maximum atomic E-state index is 6.27. The second-order valence-corrected chi connectivity index (χ2v) is 4.42. The Balaban J connectivity index is 2.06. The van der Waals surface area contributed by atoms with Crippen LogP contribution < -0.4 is 11.1 Å². The van der Waals surface area contributed by atoms with Crippen molar-refractivity contribution in [1.82, 2.24) is 5.32 Å². The Hall–Kier alpha value is -0.860. The van der Waals surface area contributed by atoms with Gasteiger partial charge in [0.15, 0.2) is 0 Å². The molecule has 0 bridgehead atoms. The molecule has 74 valence electrons. The van der Waals surface area contributed by atoms with Crippen molar-refractivity contribution >= 4 is 0 Å². The molecule has 1 aromatic carbocycles. The van der Waals surface area contributed by atoms with Crippen molar-refractivity contribution in [2.45, 2.75) is 18.4 Å². The molecular formula is C12H16N2. The van der Waals surface area contributed by atoms with Crippen LogP contribution in [-0.2, 0) is 0 Å².